The van der Waals surface area contributed by atoms with E-state index < -0.39 is 0 Å². The minimum Gasteiger partial charge on any atom is -0.486 e. The van der Waals surface area contributed by atoms with Crippen LogP contribution in [0.15, 0.2) is 29.6 Å². The van der Waals surface area contributed by atoms with E-state index in [4.69, 9.17) is 9.47 Å². The van der Waals surface area contributed by atoms with Crippen molar-refractivity contribution in [3.05, 3.63) is 45.6 Å². The second-order valence-electron chi connectivity index (χ2n) is 5.23. The SMILES string of the molecule is CCCNC(c1cccc2c1OCCO2)c1sccc1C. The maximum Gasteiger partial charge on any atom is 0.166 e. The Balaban J connectivity index is 2.02. The number of fused-ring (bicyclic) bond motifs is 1. The average molecular weight is 303 g/mol. The Morgan fingerprint density at radius 3 is 2.86 bits per heavy atom. The Labute approximate surface area is 129 Å². The molecule has 3 nitrogen and oxygen atoms in total. The molecule has 1 atom stereocenters. The summed E-state index contributed by atoms with van der Waals surface area (Å²) in [5.74, 6) is 1.75. The molecule has 4 heteroatoms. The fourth-order valence-corrected chi connectivity index (χ4v) is 3.66. The summed E-state index contributed by atoms with van der Waals surface area (Å²) >= 11 is 1.79. The first-order chi connectivity index (χ1) is 10.3. The molecule has 1 aromatic heterocycles. The lowest BCUT2D eigenvalue weighted by atomic mass is 10.0. The van der Waals surface area contributed by atoms with Crippen LogP contribution in [0.1, 0.15) is 35.4 Å². The van der Waals surface area contributed by atoms with Crippen molar-refractivity contribution in [3.63, 3.8) is 0 Å². The summed E-state index contributed by atoms with van der Waals surface area (Å²) in [7, 11) is 0. The number of thiophene rings is 1. The van der Waals surface area contributed by atoms with Gasteiger partial charge in [0.25, 0.3) is 0 Å². The molecule has 0 amide bonds. The van der Waals surface area contributed by atoms with E-state index in [2.05, 4.69) is 36.7 Å². The van der Waals surface area contributed by atoms with Crippen LogP contribution in [-0.4, -0.2) is 19.8 Å². The van der Waals surface area contributed by atoms with Gasteiger partial charge in [0, 0.05) is 10.4 Å². The number of hydrogen-bond donors (Lipinski definition) is 1. The van der Waals surface area contributed by atoms with Crippen molar-refractivity contribution in [1.82, 2.24) is 5.32 Å². The molecule has 3 rings (SSSR count). The van der Waals surface area contributed by atoms with Gasteiger partial charge in [0.15, 0.2) is 11.5 Å². The molecule has 2 heterocycles. The van der Waals surface area contributed by atoms with E-state index in [0.29, 0.717) is 13.2 Å². The molecule has 1 N–H and O–H groups in total. The Morgan fingerprint density at radius 2 is 2.10 bits per heavy atom. The highest BCUT2D eigenvalue weighted by Crippen LogP contribution is 2.40. The lowest BCUT2D eigenvalue weighted by molar-refractivity contribution is 0.169. The van der Waals surface area contributed by atoms with Crippen LogP contribution in [0.5, 0.6) is 11.5 Å². The van der Waals surface area contributed by atoms with Gasteiger partial charge in [-0.1, -0.05) is 19.1 Å². The number of aryl methyl sites for hydroxylation is 1. The van der Waals surface area contributed by atoms with Gasteiger partial charge < -0.3 is 14.8 Å². The number of ether oxygens (including phenoxy) is 2. The zero-order chi connectivity index (χ0) is 14.7. The zero-order valence-corrected chi connectivity index (χ0v) is 13.3. The van der Waals surface area contributed by atoms with Gasteiger partial charge in [0.2, 0.25) is 0 Å². The number of para-hydroxylation sites is 1. The molecule has 1 unspecified atom stereocenters. The van der Waals surface area contributed by atoms with Crippen molar-refractivity contribution in [2.45, 2.75) is 26.3 Å². The number of benzene rings is 1. The molecule has 21 heavy (non-hydrogen) atoms. The van der Waals surface area contributed by atoms with Crippen molar-refractivity contribution in [2.75, 3.05) is 19.8 Å². The number of nitrogens with one attached hydrogen (secondary N) is 1. The fraction of sp³-hybridized carbons (Fsp3) is 0.412. The van der Waals surface area contributed by atoms with Crippen molar-refractivity contribution >= 4 is 11.3 Å². The second-order valence-corrected chi connectivity index (χ2v) is 6.17. The summed E-state index contributed by atoms with van der Waals surface area (Å²) in [4.78, 5) is 1.35. The van der Waals surface area contributed by atoms with Gasteiger partial charge in [0.05, 0.1) is 6.04 Å². The summed E-state index contributed by atoms with van der Waals surface area (Å²) < 4.78 is 11.6. The topological polar surface area (TPSA) is 30.5 Å². The van der Waals surface area contributed by atoms with Crippen molar-refractivity contribution in [3.8, 4) is 11.5 Å². The summed E-state index contributed by atoms with van der Waals surface area (Å²) in [5.41, 5.74) is 2.49. The predicted molar refractivity (Wildman–Crippen MR) is 86.6 cm³/mol. The molecule has 0 radical (unpaired) electrons. The lowest BCUT2D eigenvalue weighted by Gasteiger charge is -2.26. The molecule has 1 aliphatic rings. The first kappa shape index (κ1) is 14.4. The summed E-state index contributed by atoms with van der Waals surface area (Å²) in [6, 6.07) is 8.51. The molecule has 1 aliphatic heterocycles. The van der Waals surface area contributed by atoms with Crippen LogP contribution in [-0.2, 0) is 0 Å². The monoisotopic (exact) mass is 303 g/mol. The Morgan fingerprint density at radius 1 is 1.24 bits per heavy atom. The molecule has 2 aromatic rings. The highest BCUT2D eigenvalue weighted by atomic mass is 32.1. The van der Waals surface area contributed by atoms with Gasteiger partial charge in [0.1, 0.15) is 13.2 Å². The van der Waals surface area contributed by atoms with Gasteiger partial charge in [-0.25, -0.2) is 0 Å². The standard InChI is InChI=1S/C17H21NO2S/c1-3-8-18-15(17-12(2)7-11-21-17)13-5-4-6-14-16(13)20-10-9-19-14/h4-7,11,15,18H,3,8-10H2,1-2H3. The van der Waals surface area contributed by atoms with Crippen molar-refractivity contribution < 1.29 is 9.47 Å². The Bertz CT molecular complexity index is 609. The van der Waals surface area contributed by atoms with Gasteiger partial charge in [-0.3, -0.25) is 0 Å². The largest absolute Gasteiger partial charge is 0.486 e. The smallest absolute Gasteiger partial charge is 0.166 e. The highest BCUT2D eigenvalue weighted by molar-refractivity contribution is 7.10. The van der Waals surface area contributed by atoms with E-state index in [1.54, 1.807) is 11.3 Å². The Hall–Kier alpha value is -1.52. The van der Waals surface area contributed by atoms with Crippen LogP contribution < -0.4 is 14.8 Å². The predicted octanol–water partition coefficient (Wildman–Crippen LogP) is 3.92. The third-order valence-corrected chi connectivity index (χ3v) is 4.75. The second kappa shape index (κ2) is 6.50. The van der Waals surface area contributed by atoms with Crippen LogP contribution in [0, 0.1) is 6.92 Å². The van der Waals surface area contributed by atoms with E-state index in [0.717, 1.165) is 24.5 Å². The van der Waals surface area contributed by atoms with Gasteiger partial charge in [-0.2, -0.15) is 0 Å². The fourth-order valence-electron chi connectivity index (χ4n) is 2.64. The minimum absolute atomic E-state index is 0.168. The Kier molecular flexibility index (Phi) is 4.46. The van der Waals surface area contributed by atoms with Gasteiger partial charge in [-0.05, 0) is 43.0 Å². The van der Waals surface area contributed by atoms with E-state index >= 15 is 0 Å². The van der Waals surface area contributed by atoms with E-state index in [9.17, 15) is 0 Å². The van der Waals surface area contributed by atoms with Crippen LogP contribution in [0.2, 0.25) is 0 Å². The number of rotatable bonds is 5. The lowest BCUT2D eigenvalue weighted by Crippen LogP contribution is -2.25. The molecule has 0 spiro atoms. The third-order valence-electron chi connectivity index (χ3n) is 3.67. The van der Waals surface area contributed by atoms with Crippen LogP contribution in [0.3, 0.4) is 0 Å². The normalized spacial score (nSPS) is 15.0. The molecule has 0 aliphatic carbocycles. The van der Waals surface area contributed by atoms with E-state index in [1.807, 2.05) is 12.1 Å². The quantitative estimate of drug-likeness (QED) is 0.908. The molecule has 0 saturated carbocycles. The minimum atomic E-state index is 0.168. The van der Waals surface area contributed by atoms with Gasteiger partial charge >= 0.3 is 0 Å². The number of hydrogen-bond acceptors (Lipinski definition) is 4. The summed E-state index contributed by atoms with van der Waals surface area (Å²) in [6.45, 7) is 6.58. The van der Waals surface area contributed by atoms with E-state index in [1.165, 1.54) is 16.0 Å². The van der Waals surface area contributed by atoms with Crippen molar-refractivity contribution in [1.29, 1.82) is 0 Å². The summed E-state index contributed by atoms with van der Waals surface area (Å²) in [5, 5.41) is 5.80. The molecule has 112 valence electrons. The molecule has 1 aromatic carbocycles. The first-order valence-corrected chi connectivity index (χ1v) is 8.35. The van der Waals surface area contributed by atoms with Gasteiger partial charge in [-0.15, -0.1) is 11.3 Å². The van der Waals surface area contributed by atoms with Crippen LogP contribution >= 0.6 is 11.3 Å². The van der Waals surface area contributed by atoms with Crippen LogP contribution in [0.4, 0.5) is 0 Å². The molecule has 0 fully saturated rings. The third kappa shape index (κ3) is 2.92. The zero-order valence-electron chi connectivity index (χ0n) is 12.5. The summed E-state index contributed by atoms with van der Waals surface area (Å²) in [6.07, 6.45) is 1.10. The average Bonchev–Trinajstić information content (AvgIpc) is 2.94. The molecular formula is C17H21NO2S. The maximum absolute atomic E-state index is 5.89. The maximum atomic E-state index is 5.89. The molecular weight excluding hydrogens is 282 g/mol. The highest BCUT2D eigenvalue weighted by Gasteiger charge is 2.24. The molecule has 0 bridgehead atoms. The molecule has 0 saturated heterocycles. The van der Waals surface area contributed by atoms with Crippen molar-refractivity contribution in [2.24, 2.45) is 0 Å². The first-order valence-electron chi connectivity index (χ1n) is 7.47. The van der Waals surface area contributed by atoms with E-state index in [-0.39, 0.29) is 6.04 Å². The van der Waals surface area contributed by atoms with Crippen LogP contribution in [0.25, 0.3) is 0 Å².